The van der Waals surface area contributed by atoms with Gasteiger partial charge in [0.05, 0.1) is 5.56 Å². The molecule has 0 bridgehead atoms. The first-order valence-electron chi connectivity index (χ1n) is 5.65. The quantitative estimate of drug-likeness (QED) is 0.861. The molecule has 1 aromatic heterocycles. The molecule has 3 nitrogen and oxygen atoms in total. The van der Waals surface area contributed by atoms with Crippen molar-refractivity contribution in [2.24, 2.45) is 0 Å². The Bertz CT molecular complexity index is 620. The van der Waals surface area contributed by atoms with Gasteiger partial charge in [-0.15, -0.1) is 0 Å². The van der Waals surface area contributed by atoms with Crippen LogP contribution in [0.4, 0.5) is 13.2 Å². The summed E-state index contributed by atoms with van der Waals surface area (Å²) >= 11 is 0. The summed E-state index contributed by atoms with van der Waals surface area (Å²) in [6, 6.07) is 10.1. The SMILES string of the molecule is N#Cc1ccccc1OC(c1ccncc1)C(F)(F)F. The molecule has 0 spiro atoms. The summed E-state index contributed by atoms with van der Waals surface area (Å²) in [5, 5.41) is 8.88. The highest BCUT2D eigenvalue weighted by Gasteiger charge is 2.43. The Balaban J connectivity index is 2.38. The van der Waals surface area contributed by atoms with Gasteiger partial charge in [0.1, 0.15) is 11.8 Å². The van der Waals surface area contributed by atoms with Gasteiger partial charge in [-0.3, -0.25) is 4.98 Å². The van der Waals surface area contributed by atoms with Crippen LogP contribution >= 0.6 is 0 Å². The number of pyridine rings is 1. The molecule has 0 saturated carbocycles. The number of nitriles is 1. The van der Waals surface area contributed by atoms with Crippen molar-refractivity contribution in [3.63, 3.8) is 0 Å². The van der Waals surface area contributed by atoms with E-state index in [2.05, 4.69) is 4.98 Å². The normalized spacial score (nSPS) is 12.5. The summed E-state index contributed by atoms with van der Waals surface area (Å²) in [7, 11) is 0. The van der Waals surface area contributed by atoms with E-state index in [-0.39, 0.29) is 16.9 Å². The van der Waals surface area contributed by atoms with Crippen LogP contribution < -0.4 is 4.74 Å². The van der Waals surface area contributed by atoms with E-state index >= 15 is 0 Å². The van der Waals surface area contributed by atoms with Crippen molar-refractivity contribution >= 4 is 0 Å². The summed E-state index contributed by atoms with van der Waals surface area (Å²) in [5.74, 6) is -0.103. The van der Waals surface area contributed by atoms with Crippen molar-refractivity contribution in [3.05, 3.63) is 59.9 Å². The predicted octanol–water partition coefficient (Wildman–Crippen LogP) is 3.64. The van der Waals surface area contributed by atoms with Crippen LogP contribution in [0, 0.1) is 11.3 Å². The average molecular weight is 278 g/mol. The summed E-state index contributed by atoms with van der Waals surface area (Å²) in [6.07, 6.45) is -4.22. The lowest BCUT2D eigenvalue weighted by atomic mass is 10.1. The van der Waals surface area contributed by atoms with Gasteiger partial charge in [-0.2, -0.15) is 18.4 Å². The Kier molecular flexibility index (Phi) is 3.89. The van der Waals surface area contributed by atoms with E-state index in [0.717, 1.165) is 0 Å². The molecule has 0 aliphatic carbocycles. The van der Waals surface area contributed by atoms with Gasteiger partial charge in [-0.25, -0.2) is 0 Å². The minimum Gasteiger partial charge on any atom is -0.475 e. The van der Waals surface area contributed by atoms with Gasteiger partial charge < -0.3 is 4.74 Å². The van der Waals surface area contributed by atoms with Crippen molar-refractivity contribution in [1.29, 1.82) is 5.26 Å². The number of halogens is 3. The van der Waals surface area contributed by atoms with Crippen LogP contribution in [-0.4, -0.2) is 11.2 Å². The molecular weight excluding hydrogens is 269 g/mol. The third-order valence-corrected chi connectivity index (χ3v) is 2.56. The first-order chi connectivity index (χ1) is 9.52. The van der Waals surface area contributed by atoms with Gasteiger partial charge in [-0.05, 0) is 24.3 Å². The molecule has 2 aromatic rings. The maximum Gasteiger partial charge on any atom is 0.429 e. The van der Waals surface area contributed by atoms with Gasteiger partial charge in [0.2, 0.25) is 6.10 Å². The van der Waals surface area contributed by atoms with Gasteiger partial charge in [0.15, 0.2) is 0 Å². The van der Waals surface area contributed by atoms with E-state index in [1.807, 2.05) is 0 Å². The lowest BCUT2D eigenvalue weighted by Gasteiger charge is -2.22. The van der Waals surface area contributed by atoms with E-state index in [4.69, 9.17) is 10.00 Å². The maximum atomic E-state index is 13.1. The van der Waals surface area contributed by atoms with Crippen LogP contribution in [0.1, 0.15) is 17.2 Å². The molecule has 6 heteroatoms. The summed E-state index contributed by atoms with van der Waals surface area (Å²) in [4.78, 5) is 3.68. The molecule has 0 aliphatic heterocycles. The number of benzene rings is 1. The summed E-state index contributed by atoms with van der Waals surface area (Å²) in [6.45, 7) is 0. The first-order valence-corrected chi connectivity index (χ1v) is 5.65. The van der Waals surface area contributed by atoms with Gasteiger partial charge in [0, 0.05) is 18.0 Å². The fraction of sp³-hybridized carbons (Fsp3) is 0.143. The molecule has 1 atom stereocenters. The molecule has 0 fully saturated rings. The number of nitrogens with zero attached hydrogens (tertiary/aromatic N) is 2. The van der Waals surface area contributed by atoms with E-state index in [1.165, 1.54) is 42.7 Å². The molecule has 1 heterocycles. The number of para-hydroxylation sites is 1. The van der Waals surface area contributed by atoms with E-state index in [9.17, 15) is 13.2 Å². The average Bonchev–Trinajstić information content (AvgIpc) is 2.45. The second kappa shape index (κ2) is 5.61. The number of aromatic nitrogens is 1. The molecule has 0 N–H and O–H groups in total. The monoisotopic (exact) mass is 278 g/mol. The van der Waals surface area contributed by atoms with Gasteiger partial charge in [0.25, 0.3) is 0 Å². The zero-order valence-electron chi connectivity index (χ0n) is 10.1. The smallest absolute Gasteiger partial charge is 0.429 e. The van der Waals surface area contributed by atoms with Crippen molar-refractivity contribution in [3.8, 4) is 11.8 Å². The maximum absolute atomic E-state index is 13.1. The van der Waals surface area contributed by atoms with Crippen molar-refractivity contribution in [2.45, 2.75) is 12.3 Å². The molecule has 20 heavy (non-hydrogen) atoms. The zero-order valence-corrected chi connectivity index (χ0v) is 10.1. The van der Waals surface area contributed by atoms with Crippen LogP contribution in [-0.2, 0) is 0 Å². The second-order valence-electron chi connectivity index (χ2n) is 3.93. The van der Waals surface area contributed by atoms with Crippen LogP contribution in [0.5, 0.6) is 5.75 Å². The van der Waals surface area contributed by atoms with Crippen molar-refractivity contribution in [1.82, 2.24) is 4.98 Å². The highest BCUT2D eigenvalue weighted by Crippen LogP contribution is 2.37. The Morgan fingerprint density at radius 2 is 1.75 bits per heavy atom. The molecule has 0 saturated heterocycles. The topological polar surface area (TPSA) is 45.9 Å². The number of hydrogen-bond donors (Lipinski definition) is 0. The Morgan fingerprint density at radius 1 is 1.10 bits per heavy atom. The fourth-order valence-electron chi connectivity index (χ4n) is 1.65. The summed E-state index contributed by atoms with van der Waals surface area (Å²) in [5.41, 5.74) is -0.0175. The predicted molar refractivity (Wildman–Crippen MR) is 64.8 cm³/mol. The van der Waals surface area contributed by atoms with E-state index in [0.29, 0.717) is 0 Å². The Hall–Kier alpha value is -2.55. The molecule has 1 aromatic carbocycles. The zero-order chi connectivity index (χ0) is 14.6. The molecule has 1 unspecified atom stereocenters. The standard InChI is InChI=1S/C14H9F3N2O/c15-14(16,17)13(10-5-7-19-8-6-10)20-12-4-2-1-3-11(12)9-18/h1-8,13H. The number of alkyl halides is 3. The Labute approximate surface area is 113 Å². The molecular formula is C14H9F3N2O. The van der Waals surface area contributed by atoms with E-state index < -0.39 is 12.3 Å². The van der Waals surface area contributed by atoms with Crippen LogP contribution in [0.3, 0.4) is 0 Å². The first kappa shape index (κ1) is 13.9. The number of hydrogen-bond acceptors (Lipinski definition) is 3. The van der Waals surface area contributed by atoms with Crippen LogP contribution in [0.15, 0.2) is 48.8 Å². The fourth-order valence-corrected chi connectivity index (χ4v) is 1.65. The lowest BCUT2D eigenvalue weighted by molar-refractivity contribution is -0.198. The van der Waals surface area contributed by atoms with Gasteiger partial charge in [-0.1, -0.05) is 12.1 Å². The Morgan fingerprint density at radius 3 is 2.35 bits per heavy atom. The molecule has 2 rings (SSSR count). The largest absolute Gasteiger partial charge is 0.475 e. The minimum atomic E-state index is -4.59. The molecule has 0 amide bonds. The third kappa shape index (κ3) is 3.06. The second-order valence-corrected chi connectivity index (χ2v) is 3.93. The minimum absolute atomic E-state index is 0.0517. The van der Waals surface area contributed by atoms with Crippen molar-refractivity contribution in [2.75, 3.05) is 0 Å². The highest BCUT2D eigenvalue weighted by molar-refractivity contribution is 5.43. The highest BCUT2D eigenvalue weighted by atomic mass is 19.4. The van der Waals surface area contributed by atoms with Crippen LogP contribution in [0.2, 0.25) is 0 Å². The van der Waals surface area contributed by atoms with Gasteiger partial charge >= 0.3 is 6.18 Å². The van der Waals surface area contributed by atoms with Crippen molar-refractivity contribution < 1.29 is 17.9 Å². The third-order valence-electron chi connectivity index (χ3n) is 2.56. The molecule has 0 radical (unpaired) electrons. The number of ether oxygens (including phenoxy) is 1. The summed E-state index contributed by atoms with van der Waals surface area (Å²) < 4.78 is 44.3. The lowest BCUT2D eigenvalue weighted by Crippen LogP contribution is -2.26. The van der Waals surface area contributed by atoms with E-state index in [1.54, 1.807) is 12.1 Å². The van der Waals surface area contributed by atoms with Crippen LogP contribution in [0.25, 0.3) is 0 Å². The molecule has 102 valence electrons. The molecule has 0 aliphatic rings. The number of rotatable bonds is 3.